The van der Waals surface area contributed by atoms with E-state index in [9.17, 15) is 5.11 Å². The monoisotopic (exact) mass is 649 g/mol. The van der Waals surface area contributed by atoms with Crippen molar-refractivity contribution in [1.82, 2.24) is 15.0 Å². The highest BCUT2D eigenvalue weighted by Gasteiger charge is 2.20. The predicted molar refractivity (Wildman–Crippen MR) is 200 cm³/mol. The van der Waals surface area contributed by atoms with Gasteiger partial charge in [-0.3, -0.25) is 0 Å². The van der Waals surface area contributed by atoms with Gasteiger partial charge in [-0.05, 0) is 58.7 Å². The minimum atomic E-state index is 0.104. The number of phenolic OH excluding ortho intramolecular Hbond substituents is 1. The molecule has 0 aliphatic heterocycles. The summed E-state index contributed by atoms with van der Waals surface area (Å²) in [5.41, 5.74) is 5.16. The third-order valence-electron chi connectivity index (χ3n) is 9.32. The van der Waals surface area contributed by atoms with Crippen LogP contribution in [0.3, 0.4) is 0 Å². The lowest BCUT2D eigenvalue weighted by Crippen LogP contribution is -2.05. The molecule has 2 aromatic heterocycles. The average molecular weight is 650 g/mol. The lowest BCUT2D eigenvalue weighted by atomic mass is 9.97. The van der Waals surface area contributed by atoms with E-state index < -0.39 is 0 Å². The van der Waals surface area contributed by atoms with Crippen molar-refractivity contribution < 1.29 is 14.3 Å². The van der Waals surface area contributed by atoms with E-state index in [1.54, 1.807) is 12.1 Å². The molecule has 1 N–H and O–H groups in total. The van der Waals surface area contributed by atoms with E-state index in [4.69, 9.17) is 19.1 Å². The molecule has 0 bridgehead atoms. The largest absolute Gasteiger partial charge is 0.507 e. The van der Waals surface area contributed by atoms with Crippen molar-refractivity contribution in [3.05, 3.63) is 103 Å². The zero-order valence-electron chi connectivity index (χ0n) is 28.2. The number of furan rings is 1. The van der Waals surface area contributed by atoms with Gasteiger partial charge in [-0.15, -0.1) is 0 Å². The number of aromatic nitrogens is 3. The zero-order chi connectivity index (χ0) is 33.4. The number of phenols is 1. The molecule has 6 nitrogen and oxygen atoms in total. The number of ether oxygens (including phenoxy) is 1. The molecule has 248 valence electrons. The van der Waals surface area contributed by atoms with E-state index >= 15 is 0 Å². The van der Waals surface area contributed by atoms with Crippen LogP contribution >= 0.6 is 0 Å². The van der Waals surface area contributed by atoms with Gasteiger partial charge in [-0.2, -0.15) is 9.97 Å². The van der Waals surface area contributed by atoms with Gasteiger partial charge in [0.15, 0.2) is 11.6 Å². The number of unbranched alkanes of at least 4 members (excludes halogenated alkanes) is 9. The van der Waals surface area contributed by atoms with Gasteiger partial charge < -0.3 is 14.3 Å². The van der Waals surface area contributed by atoms with Crippen LogP contribution in [-0.2, 0) is 0 Å². The number of benzene rings is 5. The number of hydrogen-bond donors (Lipinski definition) is 1. The maximum absolute atomic E-state index is 10.7. The van der Waals surface area contributed by atoms with Crippen molar-refractivity contribution in [1.29, 1.82) is 0 Å². The van der Waals surface area contributed by atoms with Crippen LogP contribution in [0.2, 0.25) is 0 Å². The lowest BCUT2D eigenvalue weighted by molar-refractivity contribution is 0.281. The van der Waals surface area contributed by atoms with Crippen LogP contribution < -0.4 is 4.74 Å². The van der Waals surface area contributed by atoms with Crippen LogP contribution in [0.1, 0.15) is 71.1 Å². The van der Waals surface area contributed by atoms with E-state index in [0.29, 0.717) is 23.8 Å². The van der Waals surface area contributed by atoms with Gasteiger partial charge in [0.05, 0.1) is 12.2 Å². The summed E-state index contributed by atoms with van der Waals surface area (Å²) in [5, 5.41) is 14.9. The van der Waals surface area contributed by atoms with Crippen molar-refractivity contribution in [3.63, 3.8) is 0 Å². The molecule has 0 unspecified atom stereocenters. The third-order valence-corrected chi connectivity index (χ3v) is 9.32. The van der Waals surface area contributed by atoms with Gasteiger partial charge >= 0.3 is 6.01 Å². The molecule has 0 saturated heterocycles. The fourth-order valence-corrected chi connectivity index (χ4v) is 6.71. The summed E-state index contributed by atoms with van der Waals surface area (Å²) < 4.78 is 12.7. The Balaban J connectivity index is 1.20. The van der Waals surface area contributed by atoms with Crippen LogP contribution in [-0.4, -0.2) is 26.7 Å². The first-order valence-corrected chi connectivity index (χ1v) is 17.8. The molecule has 2 heterocycles. The normalized spacial score (nSPS) is 11.5. The number of para-hydroxylation sites is 1. The molecule has 49 heavy (non-hydrogen) atoms. The Morgan fingerprint density at radius 2 is 1.20 bits per heavy atom. The Kier molecular flexibility index (Phi) is 10.1. The summed E-state index contributed by atoms with van der Waals surface area (Å²) in [4.78, 5) is 14.4. The zero-order valence-corrected chi connectivity index (χ0v) is 28.2. The minimum absolute atomic E-state index is 0.104. The Morgan fingerprint density at radius 1 is 0.551 bits per heavy atom. The first-order valence-electron chi connectivity index (χ1n) is 17.8. The van der Waals surface area contributed by atoms with Gasteiger partial charge in [0.1, 0.15) is 16.9 Å². The maximum Gasteiger partial charge on any atom is 0.320 e. The summed E-state index contributed by atoms with van der Waals surface area (Å²) in [6, 6.07) is 34.4. The quantitative estimate of drug-likeness (QED) is 0.111. The third kappa shape index (κ3) is 7.29. The van der Waals surface area contributed by atoms with E-state index in [1.807, 2.05) is 48.5 Å². The fraction of sp³-hybridized carbons (Fsp3) is 0.279. The van der Waals surface area contributed by atoms with Gasteiger partial charge in [-0.25, -0.2) is 4.98 Å². The molecule has 0 radical (unpaired) electrons. The highest BCUT2D eigenvalue weighted by molar-refractivity contribution is 6.22. The molecule has 7 rings (SSSR count). The second-order valence-corrected chi connectivity index (χ2v) is 12.8. The molecule has 6 heteroatoms. The summed E-state index contributed by atoms with van der Waals surface area (Å²) in [6.07, 6.45) is 12.5. The molecule has 0 aliphatic carbocycles. The fourth-order valence-electron chi connectivity index (χ4n) is 6.71. The highest BCUT2D eigenvalue weighted by atomic mass is 16.5. The van der Waals surface area contributed by atoms with Crippen molar-refractivity contribution >= 4 is 32.7 Å². The van der Waals surface area contributed by atoms with E-state index in [2.05, 4.69) is 54.4 Å². The van der Waals surface area contributed by atoms with Crippen LogP contribution in [0.25, 0.3) is 66.6 Å². The Morgan fingerprint density at radius 3 is 1.96 bits per heavy atom. The second-order valence-electron chi connectivity index (χ2n) is 12.8. The highest BCUT2D eigenvalue weighted by Crippen LogP contribution is 2.41. The molecule has 0 aliphatic rings. The predicted octanol–water partition coefficient (Wildman–Crippen LogP) is 11.9. The first-order chi connectivity index (χ1) is 24.2. The molecule has 0 atom stereocenters. The van der Waals surface area contributed by atoms with Crippen LogP contribution in [0.15, 0.2) is 108 Å². The topological polar surface area (TPSA) is 81.3 Å². The van der Waals surface area contributed by atoms with E-state index in [1.165, 1.54) is 51.4 Å². The van der Waals surface area contributed by atoms with Crippen molar-refractivity contribution in [2.75, 3.05) is 6.61 Å². The molecule has 0 saturated carbocycles. The van der Waals surface area contributed by atoms with Gasteiger partial charge in [-0.1, -0.05) is 138 Å². The molecule has 0 amide bonds. The summed E-state index contributed by atoms with van der Waals surface area (Å²) >= 11 is 0. The minimum Gasteiger partial charge on any atom is -0.507 e. The van der Waals surface area contributed by atoms with Crippen molar-refractivity contribution in [3.8, 4) is 45.7 Å². The van der Waals surface area contributed by atoms with Crippen molar-refractivity contribution in [2.24, 2.45) is 0 Å². The number of rotatable bonds is 15. The smallest absolute Gasteiger partial charge is 0.320 e. The van der Waals surface area contributed by atoms with Gasteiger partial charge in [0, 0.05) is 16.3 Å². The summed E-state index contributed by atoms with van der Waals surface area (Å²) in [5.74, 6) is 0.935. The van der Waals surface area contributed by atoms with E-state index in [0.717, 1.165) is 62.2 Å². The lowest BCUT2D eigenvalue weighted by Gasteiger charge is -2.12. The van der Waals surface area contributed by atoms with Crippen LogP contribution in [0.5, 0.6) is 11.8 Å². The SMILES string of the molecule is CCCCCCCCCCCCOc1nc(-c2ccccc2O)nc(-c2cc3oc4cc(-c5ccccc5)ccc4c3c3ccccc23)n1. The summed E-state index contributed by atoms with van der Waals surface area (Å²) in [7, 11) is 0. The molecular weight excluding hydrogens is 606 g/mol. The van der Waals surface area contributed by atoms with Crippen molar-refractivity contribution in [2.45, 2.75) is 71.1 Å². The summed E-state index contributed by atoms with van der Waals surface area (Å²) in [6.45, 7) is 2.78. The second kappa shape index (κ2) is 15.3. The molecule has 5 aromatic carbocycles. The van der Waals surface area contributed by atoms with E-state index in [-0.39, 0.29) is 11.8 Å². The molecule has 7 aromatic rings. The number of fused-ring (bicyclic) bond motifs is 5. The molecule has 0 spiro atoms. The van der Waals surface area contributed by atoms with Crippen LogP contribution in [0, 0.1) is 0 Å². The number of aromatic hydroxyl groups is 1. The Hall–Kier alpha value is -5.23. The number of hydrogen-bond acceptors (Lipinski definition) is 6. The van der Waals surface area contributed by atoms with Gasteiger partial charge in [0.2, 0.25) is 0 Å². The maximum atomic E-state index is 10.7. The Bertz CT molecular complexity index is 2170. The molecule has 0 fully saturated rings. The average Bonchev–Trinajstić information content (AvgIpc) is 3.52. The van der Waals surface area contributed by atoms with Crippen LogP contribution in [0.4, 0.5) is 0 Å². The standard InChI is InChI=1S/C43H43N3O3/c1-2-3-4-5-6-7-8-9-10-18-27-48-43-45-41(34-23-16-17-24-37(34)47)44-42(46-43)36-29-39-40(33-22-15-14-21-32(33)36)35-26-25-31(28-38(35)49-39)30-19-12-11-13-20-30/h11-17,19-26,28-29,47H,2-10,18,27H2,1H3. The van der Waals surface area contributed by atoms with Gasteiger partial charge in [0.25, 0.3) is 0 Å². The first kappa shape index (κ1) is 32.3. The Labute approximate surface area is 287 Å². The molecular formula is C43H43N3O3. The number of nitrogens with zero attached hydrogens (tertiary/aromatic N) is 3.